The van der Waals surface area contributed by atoms with Crippen LogP contribution in [0.5, 0.6) is 0 Å². The zero-order valence-corrected chi connectivity index (χ0v) is 12.2. The molecule has 0 aliphatic carbocycles. The van der Waals surface area contributed by atoms with Gasteiger partial charge in [-0.05, 0) is 53.2 Å². The molecule has 0 saturated heterocycles. The predicted octanol–water partition coefficient (Wildman–Crippen LogP) is 4.77. The normalized spacial score (nSPS) is 11.8. The lowest BCUT2D eigenvalue weighted by Crippen LogP contribution is -2.11. The van der Waals surface area contributed by atoms with E-state index in [2.05, 4.69) is 21.2 Å². The average Bonchev–Trinajstić information content (AvgIpc) is 2.41. The van der Waals surface area contributed by atoms with Crippen LogP contribution in [0, 0.1) is 23.0 Å². The van der Waals surface area contributed by atoms with Crippen molar-refractivity contribution in [2.24, 2.45) is 0 Å². The van der Waals surface area contributed by atoms with Crippen LogP contribution in [0.25, 0.3) is 0 Å². The second kappa shape index (κ2) is 6.02. The first kappa shape index (κ1) is 14.5. The lowest BCUT2D eigenvalue weighted by atomic mass is 10.1. The number of hydrogen-bond acceptors (Lipinski definition) is 2. The van der Waals surface area contributed by atoms with E-state index < -0.39 is 17.7 Å². The summed E-state index contributed by atoms with van der Waals surface area (Å²) in [6.07, 6.45) is 0. The third kappa shape index (κ3) is 2.97. The smallest absolute Gasteiger partial charge is 0.131 e. The Morgan fingerprint density at radius 3 is 2.40 bits per heavy atom. The highest BCUT2D eigenvalue weighted by atomic mass is 79.9. The molecular formula is C15H11BrF2N2. The van der Waals surface area contributed by atoms with Crippen LogP contribution in [0.1, 0.15) is 24.1 Å². The van der Waals surface area contributed by atoms with Gasteiger partial charge in [-0.3, -0.25) is 0 Å². The third-order valence-corrected chi connectivity index (χ3v) is 3.56. The van der Waals surface area contributed by atoms with Crippen LogP contribution in [-0.4, -0.2) is 0 Å². The molecule has 1 N–H and O–H groups in total. The van der Waals surface area contributed by atoms with Crippen LogP contribution in [0.4, 0.5) is 14.5 Å². The van der Waals surface area contributed by atoms with E-state index in [1.54, 1.807) is 25.1 Å². The van der Waals surface area contributed by atoms with Crippen molar-refractivity contribution in [3.8, 4) is 6.07 Å². The molecule has 1 atom stereocenters. The number of nitrogens with one attached hydrogen (secondary N) is 1. The second-order valence-electron chi connectivity index (χ2n) is 4.31. The van der Waals surface area contributed by atoms with Gasteiger partial charge in [-0.1, -0.05) is 6.07 Å². The van der Waals surface area contributed by atoms with Crippen molar-refractivity contribution in [1.29, 1.82) is 5.26 Å². The van der Waals surface area contributed by atoms with Gasteiger partial charge in [0.05, 0.1) is 17.7 Å². The monoisotopic (exact) mass is 336 g/mol. The summed E-state index contributed by atoms with van der Waals surface area (Å²) in [4.78, 5) is 0. The Kier molecular flexibility index (Phi) is 4.35. The fourth-order valence-electron chi connectivity index (χ4n) is 1.93. The van der Waals surface area contributed by atoms with Crippen LogP contribution in [-0.2, 0) is 0 Å². The van der Waals surface area contributed by atoms with Gasteiger partial charge in [0.15, 0.2) is 0 Å². The summed E-state index contributed by atoms with van der Waals surface area (Å²) in [5.74, 6) is -1.18. The highest BCUT2D eigenvalue weighted by molar-refractivity contribution is 9.10. The molecule has 0 aliphatic rings. The van der Waals surface area contributed by atoms with Crippen LogP contribution in [0.3, 0.4) is 0 Å². The van der Waals surface area contributed by atoms with Gasteiger partial charge < -0.3 is 5.32 Å². The molecule has 0 spiro atoms. The second-order valence-corrected chi connectivity index (χ2v) is 5.16. The van der Waals surface area contributed by atoms with Gasteiger partial charge in [0.2, 0.25) is 0 Å². The zero-order chi connectivity index (χ0) is 14.7. The Balaban J connectivity index is 2.28. The fourth-order valence-corrected chi connectivity index (χ4v) is 2.42. The Labute approximate surface area is 124 Å². The number of nitriles is 1. The van der Waals surface area contributed by atoms with E-state index in [4.69, 9.17) is 5.26 Å². The van der Waals surface area contributed by atoms with E-state index in [0.29, 0.717) is 15.7 Å². The fraction of sp³-hybridized carbons (Fsp3) is 0.133. The molecule has 0 bridgehead atoms. The first-order chi connectivity index (χ1) is 9.52. The number of rotatable bonds is 3. The lowest BCUT2D eigenvalue weighted by molar-refractivity contribution is 0.544. The van der Waals surface area contributed by atoms with Crippen molar-refractivity contribution in [3.05, 3.63) is 63.6 Å². The molecule has 2 nitrogen and oxygen atoms in total. The van der Waals surface area contributed by atoms with E-state index >= 15 is 0 Å². The standard InChI is InChI=1S/C15H11BrF2N2/c1-9(15-12(17)3-2-4-13(15)18)20-14-6-5-10(8-19)7-11(14)16/h2-7,9,20H,1H3. The molecular weight excluding hydrogens is 326 g/mol. The molecule has 2 aromatic rings. The molecule has 0 aromatic heterocycles. The topological polar surface area (TPSA) is 35.8 Å². The van der Waals surface area contributed by atoms with Gasteiger partial charge in [0.25, 0.3) is 0 Å². The van der Waals surface area contributed by atoms with Gasteiger partial charge in [-0.2, -0.15) is 5.26 Å². The van der Waals surface area contributed by atoms with Crippen molar-refractivity contribution >= 4 is 21.6 Å². The van der Waals surface area contributed by atoms with E-state index in [1.807, 2.05) is 6.07 Å². The molecule has 0 aliphatic heterocycles. The Morgan fingerprint density at radius 2 is 1.85 bits per heavy atom. The molecule has 0 heterocycles. The lowest BCUT2D eigenvalue weighted by Gasteiger charge is -2.18. The van der Waals surface area contributed by atoms with Crippen LogP contribution < -0.4 is 5.32 Å². The predicted molar refractivity (Wildman–Crippen MR) is 77.3 cm³/mol. The number of benzene rings is 2. The molecule has 1 unspecified atom stereocenters. The van der Waals surface area contributed by atoms with E-state index in [1.165, 1.54) is 18.2 Å². The van der Waals surface area contributed by atoms with Gasteiger partial charge in [-0.15, -0.1) is 0 Å². The van der Waals surface area contributed by atoms with E-state index in [9.17, 15) is 8.78 Å². The molecule has 2 rings (SSSR count). The van der Waals surface area contributed by atoms with E-state index in [0.717, 1.165) is 0 Å². The summed E-state index contributed by atoms with van der Waals surface area (Å²) in [6.45, 7) is 1.67. The highest BCUT2D eigenvalue weighted by Crippen LogP contribution is 2.29. The van der Waals surface area contributed by atoms with Crippen LogP contribution >= 0.6 is 15.9 Å². The number of halogens is 3. The SMILES string of the molecule is CC(Nc1ccc(C#N)cc1Br)c1c(F)cccc1F. The number of hydrogen-bond donors (Lipinski definition) is 1. The maximum absolute atomic E-state index is 13.7. The molecule has 0 saturated carbocycles. The first-order valence-corrected chi connectivity index (χ1v) is 6.72. The molecule has 2 aromatic carbocycles. The minimum Gasteiger partial charge on any atom is -0.377 e. The van der Waals surface area contributed by atoms with Gasteiger partial charge in [-0.25, -0.2) is 8.78 Å². The summed E-state index contributed by atoms with van der Waals surface area (Å²) >= 11 is 3.32. The first-order valence-electron chi connectivity index (χ1n) is 5.93. The summed E-state index contributed by atoms with van der Waals surface area (Å²) in [6, 6.07) is 10.2. The van der Waals surface area contributed by atoms with Gasteiger partial charge in [0.1, 0.15) is 11.6 Å². The van der Waals surface area contributed by atoms with Crippen molar-refractivity contribution in [1.82, 2.24) is 0 Å². The van der Waals surface area contributed by atoms with Crippen molar-refractivity contribution < 1.29 is 8.78 Å². The van der Waals surface area contributed by atoms with Crippen LogP contribution in [0.2, 0.25) is 0 Å². The molecule has 0 radical (unpaired) electrons. The summed E-state index contributed by atoms with van der Waals surface area (Å²) in [5, 5.41) is 11.8. The average molecular weight is 337 g/mol. The highest BCUT2D eigenvalue weighted by Gasteiger charge is 2.16. The van der Waals surface area contributed by atoms with Crippen LogP contribution in [0.15, 0.2) is 40.9 Å². The Morgan fingerprint density at radius 1 is 1.20 bits per heavy atom. The third-order valence-electron chi connectivity index (χ3n) is 2.90. The van der Waals surface area contributed by atoms with Gasteiger partial charge in [0, 0.05) is 15.7 Å². The summed E-state index contributed by atoms with van der Waals surface area (Å²) < 4.78 is 28.0. The maximum atomic E-state index is 13.7. The zero-order valence-electron chi connectivity index (χ0n) is 10.6. The molecule has 20 heavy (non-hydrogen) atoms. The molecule has 5 heteroatoms. The van der Waals surface area contributed by atoms with Crippen molar-refractivity contribution in [2.45, 2.75) is 13.0 Å². The number of anilines is 1. The molecule has 102 valence electrons. The number of nitrogens with zero attached hydrogens (tertiary/aromatic N) is 1. The minimum absolute atomic E-state index is 0.0104. The van der Waals surface area contributed by atoms with Crippen molar-refractivity contribution in [2.75, 3.05) is 5.32 Å². The minimum atomic E-state index is -0.588. The maximum Gasteiger partial charge on any atom is 0.131 e. The summed E-state index contributed by atoms with van der Waals surface area (Å²) in [7, 11) is 0. The molecule has 0 fully saturated rings. The Hall–Kier alpha value is -1.93. The van der Waals surface area contributed by atoms with Crippen molar-refractivity contribution in [3.63, 3.8) is 0 Å². The quantitative estimate of drug-likeness (QED) is 0.876. The van der Waals surface area contributed by atoms with E-state index in [-0.39, 0.29) is 5.56 Å². The summed E-state index contributed by atoms with van der Waals surface area (Å²) in [5.41, 5.74) is 1.16. The Bertz CT molecular complexity index is 660. The molecule has 0 amide bonds. The largest absolute Gasteiger partial charge is 0.377 e. The van der Waals surface area contributed by atoms with Gasteiger partial charge >= 0.3 is 0 Å².